The maximum absolute atomic E-state index is 2.54. The zero-order valence-electron chi connectivity index (χ0n) is 37.2. The fourth-order valence-electron chi connectivity index (χ4n) is 12.4. The third-order valence-electron chi connectivity index (χ3n) is 15.3. The number of benzene rings is 11. The lowest BCUT2D eigenvalue weighted by Gasteiger charge is -2.42. The standard InChI is InChI=1S/C62H48N2/c1-61(2)50-27-7-9-29-52(50)63(5)54-31-15-25-45(59(54)61)40-20-13-23-42-47(40)36-48-41(46-26-16-32-55-60(46)62(3,4)51-28-8-10-30-53(51)64(55)6)21-14-24-43(48)58(42)49-35-39-19-11-17-37-33-34-38-18-12-22-44(49)57(38)56(37)39/h7-36H,1-6H3. The second-order valence-corrected chi connectivity index (χ2v) is 19.3. The number of anilines is 4. The lowest BCUT2D eigenvalue weighted by atomic mass is 9.70. The van der Waals surface area contributed by atoms with Gasteiger partial charge in [-0.05, 0) is 146 Å². The van der Waals surface area contributed by atoms with Crippen LogP contribution >= 0.6 is 0 Å². The second-order valence-electron chi connectivity index (χ2n) is 19.3. The first-order valence-corrected chi connectivity index (χ1v) is 22.7. The molecule has 0 aromatic heterocycles. The molecule has 11 aromatic rings. The smallest absolute Gasteiger partial charge is 0.0455 e. The van der Waals surface area contributed by atoms with Crippen LogP contribution in [-0.4, -0.2) is 14.1 Å². The van der Waals surface area contributed by atoms with Crippen LogP contribution in [0, 0.1) is 0 Å². The van der Waals surface area contributed by atoms with Crippen molar-refractivity contribution in [3.8, 4) is 33.4 Å². The molecule has 0 unspecified atom stereocenters. The summed E-state index contributed by atoms with van der Waals surface area (Å²) in [6, 6.07) is 69.1. The molecule has 64 heavy (non-hydrogen) atoms. The molecule has 2 aliphatic heterocycles. The van der Waals surface area contributed by atoms with E-state index in [9.17, 15) is 0 Å². The molecule has 0 saturated heterocycles. The first-order valence-electron chi connectivity index (χ1n) is 22.7. The summed E-state index contributed by atoms with van der Waals surface area (Å²) in [5, 5.41) is 12.9. The number of para-hydroxylation sites is 2. The van der Waals surface area contributed by atoms with Crippen LogP contribution in [0.3, 0.4) is 0 Å². The van der Waals surface area contributed by atoms with E-state index in [0.717, 1.165) is 0 Å². The summed E-state index contributed by atoms with van der Waals surface area (Å²) >= 11 is 0. The maximum atomic E-state index is 2.54. The fourth-order valence-corrected chi connectivity index (χ4v) is 12.4. The van der Waals surface area contributed by atoms with Crippen molar-refractivity contribution in [2.75, 3.05) is 23.9 Å². The Balaban J connectivity index is 1.18. The molecule has 0 aliphatic carbocycles. The summed E-state index contributed by atoms with van der Waals surface area (Å²) in [7, 11) is 4.45. The molecule has 2 heterocycles. The van der Waals surface area contributed by atoms with E-state index in [1.165, 1.54) is 132 Å². The summed E-state index contributed by atoms with van der Waals surface area (Å²) in [6.07, 6.45) is 0. The molecule has 0 atom stereocenters. The number of hydrogen-bond donors (Lipinski definition) is 0. The van der Waals surface area contributed by atoms with Crippen LogP contribution in [-0.2, 0) is 10.8 Å². The zero-order chi connectivity index (χ0) is 43.2. The Kier molecular flexibility index (Phi) is 7.59. The van der Waals surface area contributed by atoms with Crippen molar-refractivity contribution >= 4 is 76.6 Å². The fraction of sp³-hybridized carbons (Fsp3) is 0.129. The van der Waals surface area contributed by atoms with E-state index < -0.39 is 0 Å². The SMILES string of the molecule is CN1c2ccccc2C(C)(C)c2c(-c3cccc4c(-c5cc6cccc7ccc8cccc5c8c76)c5cccc(-c6cccc7c6C(C)(C)c6ccccc6N7C)c5cc34)cccc21. The van der Waals surface area contributed by atoms with Crippen molar-refractivity contribution < 1.29 is 0 Å². The van der Waals surface area contributed by atoms with Gasteiger partial charge in [-0.3, -0.25) is 0 Å². The summed E-state index contributed by atoms with van der Waals surface area (Å²) in [4.78, 5) is 4.79. The van der Waals surface area contributed by atoms with Crippen LogP contribution in [0.15, 0.2) is 182 Å². The molecule has 2 nitrogen and oxygen atoms in total. The predicted octanol–water partition coefficient (Wildman–Crippen LogP) is 16.7. The zero-order valence-corrected chi connectivity index (χ0v) is 37.2. The van der Waals surface area contributed by atoms with Gasteiger partial charge >= 0.3 is 0 Å². The van der Waals surface area contributed by atoms with Crippen LogP contribution in [0.2, 0.25) is 0 Å². The van der Waals surface area contributed by atoms with Gasteiger partial charge < -0.3 is 9.80 Å². The van der Waals surface area contributed by atoms with Gasteiger partial charge in [-0.25, -0.2) is 0 Å². The van der Waals surface area contributed by atoms with E-state index >= 15 is 0 Å². The molecule has 0 amide bonds. The van der Waals surface area contributed by atoms with E-state index in [2.05, 4.69) is 234 Å². The van der Waals surface area contributed by atoms with Crippen molar-refractivity contribution in [3.05, 3.63) is 204 Å². The van der Waals surface area contributed by atoms with Crippen LogP contribution in [0.1, 0.15) is 49.9 Å². The molecule has 13 rings (SSSR count). The third-order valence-corrected chi connectivity index (χ3v) is 15.3. The third kappa shape index (κ3) is 4.86. The molecular formula is C62H48N2. The normalized spacial score (nSPS) is 14.9. The number of fused-ring (bicyclic) bond motifs is 6. The first-order chi connectivity index (χ1) is 31.1. The van der Waals surface area contributed by atoms with Crippen molar-refractivity contribution in [1.29, 1.82) is 0 Å². The lowest BCUT2D eigenvalue weighted by Crippen LogP contribution is -2.31. The molecule has 0 spiro atoms. The number of hydrogen-bond acceptors (Lipinski definition) is 2. The summed E-state index contributed by atoms with van der Waals surface area (Å²) in [6.45, 7) is 9.64. The van der Waals surface area contributed by atoms with Crippen LogP contribution in [0.4, 0.5) is 22.7 Å². The van der Waals surface area contributed by atoms with E-state index in [0.29, 0.717) is 0 Å². The molecule has 0 bridgehead atoms. The minimum Gasteiger partial charge on any atom is -0.344 e. The van der Waals surface area contributed by atoms with E-state index in [1.54, 1.807) is 0 Å². The predicted molar refractivity (Wildman–Crippen MR) is 275 cm³/mol. The maximum Gasteiger partial charge on any atom is 0.0455 e. The molecule has 11 aromatic carbocycles. The van der Waals surface area contributed by atoms with Gasteiger partial charge in [0.1, 0.15) is 0 Å². The molecule has 0 saturated carbocycles. The Labute approximate surface area is 375 Å². The Morgan fingerprint density at radius 3 is 1.30 bits per heavy atom. The summed E-state index contributed by atoms with van der Waals surface area (Å²) < 4.78 is 0. The Morgan fingerprint density at radius 1 is 0.312 bits per heavy atom. The number of rotatable bonds is 3. The van der Waals surface area contributed by atoms with Crippen molar-refractivity contribution in [2.45, 2.75) is 38.5 Å². The summed E-state index contributed by atoms with van der Waals surface area (Å²) in [5.41, 5.74) is 17.6. The van der Waals surface area contributed by atoms with Crippen molar-refractivity contribution in [2.24, 2.45) is 0 Å². The van der Waals surface area contributed by atoms with Gasteiger partial charge in [0, 0.05) is 47.7 Å². The highest BCUT2D eigenvalue weighted by Gasteiger charge is 2.39. The largest absolute Gasteiger partial charge is 0.344 e. The average molecular weight is 821 g/mol. The average Bonchev–Trinajstić information content (AvgIpc) is 3.33. The molecule has 0 N–H and O–H groups in total. The molecule has 0 fully saturated rings. The topological polar surface area (TPSA) is 6.48 Å². The first kappa shape index (κ1) is 37.2. The Hall–Kier alpha value is -7.42. The van der Waals surface area contributed by atoms with Crippen molar-refractivity contribution in [1.82, 2.24) is 0 Å². The molecule has 2 heteroatoms. The summed E-state index contributed by atoms with van der Waals surface area (Å²) in [5.74, 6) is 0. The highest BCUT2D eigenvalue weighted by atomic mass is 15.1. The second kappa shape index (κ2) is 13.1. The minimum atomic E-state index is -0.233. The Morgan fingerprint density at radius 2 is 0.734 bits per heavy atom. The minimum absolute atomic E-state index is 0.233. The molecule has 306 valence electrons. The van der Waals surface area contributed by atoms with Gasteiger partial charge in [0.05, 0.1) is 0 Å². The van der Waals surface area contributed by atoms with Gasteiger partial charge in [-0.1, -0.05) is 173 Å². The van der Waals surface area contributed by atoms with Crippen LogP contribution < -0.4 is 9.80 Å². The van der Waals surface area contributed by atoms with Gasteiger partial charge in [0.25, 0.3) is 0 Å². The highest BCUT2D eigenvalue weighted by Crippen LogP contribution is 2.56. The highest BCUT2D eigenvalue weighted by molar-refractivity contribution is 6.30. The molecule has 0 radical (unpaired) electrons. The lowest BCUT2D eigenvalue weighted by molar-refractivity contribution is 0.631. The molecular weight excluding hydrogens is 773 g/mol. The van der Waals surface area contributed by atoms with E-state index in [1.807, 2.05) is 0 Å². The van der Waals surface area contributed by atoms with Gasteiger partial charge in [-0.2, -0.15) is 0 Å². The van der Waals surface area contributed by atoms with Crippen LogP contribution in [0.5, 0.6) is 0 Å². The Bertz CT molecular complexity index is 3600. The molecule has 2 aliphatic rings. The van der Waals surface area contributed by atoms with Gasteiger partial charge in [0.2, 0.25) is 0 Å². The van der Waals surface area contributed by atoms with E-state index in [4.69, 9.17) is 0 Å². The van der Waals surface area contributed by atoms with Crippen molar-refractivity contribution in [3.63, 3.8) is 0 Å². The monoisotopic (exact) mass is 820 g/mol. The van der Waals surface area contributed by atoms with Gasteiger partial charge in [0.15, 0.2) is 0 Å². The van der Waals surface area contributed by atoms with Gasteiger partial charge in [-0.15, -0.1) is 0 Å². The quantitative estimate of drug-likeness (QED) is 0.129. The van der Waals surface area contributed by atoms with Crippen LogP contribution in [0.25, 0.3) is 87.2 Å². The van der Waals surface area contributed by atoms with E-state index in [-0.39, 0.29) is 10.8 Å². The number of nitrogens with zero attached hydrogens (tertiary/aromatic N) is 2.